The predicted molar refractivity (Wildman–Crippen MR) is 68.9 cm³/mol. The molecule has 0 atom stereocenters. The van der Waals surface area contributed by atoms with Gasteiger partial charge in [-0.15, -0.1) is 0 Å². The van der Waals surface area contributed by atoms with Gasteiger partial charge in [0.25, 0.3) is 0 Å². The summed E-state index contributed by atoms with van der Waals surface area (Å²) in [6.07, 6.45) is 1.69. The molecule has 1 amide bonds. The Morgan fingerprint density at radius 2 is 2.06 bits per heavy atom. The zero-order chi connectivity index (χ0) is 13.0. The van der Waals surface area contributed by atoms with E-state index in [1.54, 1.807) is 13.1 Å². The van der Waals surface area contributed by atoms with Gasteiger partial charge >= 0.3 is 0 Å². The number of nitrogens with zero attached hydrogens (tertiary/aromatic N) is 1. The van der Waals surface area contributed by atoms with Gasteiger partial charge in [0.15, 0.2) is 0 Å². The molecule has 0 unspecified atom stereocenters. The molecule has 0 radical (unpaired) electrons. The molecule has 1 aliphatic rings. The molecule has 2 rings (SSSR count). The monoisotopic (exact) mass is 250 g/mol. The molecule has 1 N–H and O–H groups in total. The highest BCUT2D eigenvalue weighted by atomic mass is 19.1. The number of hydrogen-bond donors (Lipinski definition) is 1. The number of piperidine rings is 1. The van der Waals surface area contributed by atoms with Crippen molar-refractivity contribution in [3.63, 3.8) is 0 Å². The number of likely N-dealkylation sites (tertiary alicyclic amines) is 1. The first-order valence-electron chi connectivity index (χ1n) is 6.39. The Morgan fingerprint density at radius 3 is 2.67 bits per heavy atom. The summed E-state index contributed by atoms with van der Waals surface area (Å²) in [6, 6.07) is 6.94. The molecule has 1 heterocycles. The van der Waals surface area contributed by atoms with Gasteiger partial charge in [-0.2, -0.15) is 0 Å². The molecular formula is C14H19FN2O. The highest BCUT2D eigenvalue weighted by Crippen LogP contribution is 2.29. The van der Waals surface area contributed by atoms with Crippen molar-refractivity contribution in [1.82, 2.24) is 10.2 Å². The molecule has 1 aromatic rings. The topological polar surface area (TPSA) is 32.3 Å². The van der Waals surface area contributed by atoms with Crippen LogP contribution in [0.25, 0.3) is 0 Å². The molecule has 1 aromatic carbocycles. The minimum atomic E-state index is -0.127. The second kappa shape index (κ2) is 5.96. The van der Waals surface area contributed by atoms with Crippen LogP contribution < -0.4 is 5.32 Å². The van der Waals surface area contributed by atoms with Gasteiger partial charge in [0.1, 0.15) is 5.82 Å². The van der Waals surface area contributed by atoms with E-state index in [1.165, 1.54) is 6.07 Å². The quantitative estimate of drug-likeness (QED) is 0.886. The Balaban J connectivity index is 1.95. The van der Waals surface area contributed by atoms with Gasteiger partial charge < -0.3 is 10.2 Å². The summed E-state index contributed by atoms with van der Waals surface area (Å²) < 4.78 is 13.7. The fourth-order valence-corrected chi connectivity index (χ4v) is 2.51. The third-order valence-electron chi connectivity index (χ3n) is 3.52. The first kappa shape index (κ1) is 13.0. The van der Waals surface area contributed by atoms with E-state index in [0.29, 0.717) is 6.54 Å². The zero-order valence-corrected chi connectivity index (χ0v) is 10.7. The van der Waals surface area contributed by atoms with Crippen LogP contribution in [0.3, 0.4) is 0 Å². The largest absolute Gasteiger partial charge is 0.342 e. The lowest BCUT2D eigenvalue weighted by Gasteiger charge is -2.32. The minimum Gasteiger partial charge on any atom is -0.342 e. The average Bonchev–Trinajstić information content (AvgIpc) is 2.40. The van der Waals surface area contributed by atoms with Crippen molar-refractivity contribution >= 4 is 5.91 Å². The maximum atomic E-state index is 13.7. The first-order chi connectivity index (χ1) is 8.72. The van der Waals surface area contributed by atoms with Crippen LogP contribution in [0.5, 0.6) is 0 Å². The highest BCUT2D eigenvalue weighted by molar-refractivity contribution is 5.78. The maximum Gasteiger partial charge on any atom is 0.236 e. The Bertz CT molecular complexity index is 414. The molecule has 4 heteroatoms. The summed E-state index contributed by atoms with van der Waals surface area (Å²) in [4.78, 5) is 13.6. The van der Waals surface area contributed by atoms with Crippen LogP contribution >= 0.6 is 0 Å². The SMILES string of the molecule is CNCC(=O)N1CCC(c2ccccc2F)CC1. The second-order valence-corrected chi connectivity index (χ2v) is 4.71. The van der Waals surface area contributed by atoms with Crippen LogP contribution in [-0.2, 0) is 4.79 Å². The third kappa shape index (κ3) is 2.88. The van der Waals surface area contributed by atoms with Crippen molar-refractivity contribution in [3.8, 4) is 0 Å². The summed E-state index contributed by atoms with van der Waals surface area (Å²) in [5, 5.41) is 2.87. The van der Waals surface area contributed by atoms with E-state index in [0.717, 1.165) is 31.5 Å². The summed E-state index contributed by atoms with van der Waals surface area (Å²) in [5.41, 5.74) is 0.790. The fourth-order valence-electron chi connectivity index (χ4n) is 2.51. The summed E-state index contributed by atoms with van der Waals surface area (Å²) >= 11 is 0. The summed E-state index contributed by atoms with van der Waals surface area (Å²) in [5.74, 6) is 0.242. The summed E-state index contributed by atoms with van der Waals surface area (Å²) in [6.45, 7) is 1.82. The van der Waals surface area contributed by atoms with Crippen molar-refractivity contribution in [2.45, 2.75) is 18.8 Å². The molecular weight excluding hydrogens is 231 g/mol. The number of nitrogens with one attached hydrogen (secondary N) is 1. The summed E-state index contributed by atoms with van der Waals surface area (Å²) in [7, 11) is 1.77. The molecule has 98 valence electrons. The molecule has 1 saturated heterocycles. The van der Waals surface area contributed by atoms with E-state index in [9.17, 15) is 9.18 Å². The first-order valence-corrected chi connectivity index (χ1v) is 6.39. The van der Waals surface area contributed by atoms with Gasteiger partial charge in [0.2, 0.25) is 5.91 Å². The van der Waals surface area contributed by atoms with E-state index in [2.05, 4.69) is 5.32 Å². The number of carbonyl (C=O) groups is 1. The van der Waals surface area contributed by atoms with Gasteiger partial charge in [-0.3, -0.25) is 4.79 Å². The fraction of sp³-hybridized carbons (Fsp3) is 0.500. The van der Waals surface area contributed by atoms with E-state index >= 15 is 0 Å². The highest BCUT2D eigenvalue weighted by Gasteiger charge is 2.24. The molecule has 1 fully saturated rings. The Kier molecular flexibility index (Phi) is 4.31. The van der Waals surface area contributed by atoms with Gasteiger partial charge in [-0.25, -0.2) is 4.39 Å². The number of likely N-dealkylation sites (N-methyl/N-ethyl adjacent to an activating group) is 1. The number of carbonyl (C=O) groups excluding carboxylic acids is 1. The van der Waals surface area contributed by atoms with Gasteiger partial charge in [0.05, 0.1) is 6.54 Å². The van der Waals surface area contributed by atoms with Crippen molar-refractivity contribution in [2.24, 2.45) is 0 Å². The number of benzene rings is 1. The number of amides is 1. The molecule has 18 heavy (non-hydrogen) atoms. The minimum absolute atomic E-state index is 0.127. The van der Waals surface area contributed by atoms with E-state index in [-0.39, 0.29) is 17.6 Å². The van der Waals surface area contributed by atoms with Crippen LogP contribution in [0.15, 0.2) is 24.3 Å². The maximum absolute atomic E-state index is 13.7. The van der Waals surface area contributed by atoms with Crippen molar-refractivity contribution in [2.75, 3.05) is 26.7 Å². The van der Waals surface area contributed by atoms with Gasteiger partial charge in [-0.05, 0) is 37.4 Å². The van der Waals surface area contributed by atoms with Crippen LogP contribution in [0, 0.1) is 5.82 Å². The van der Waals surface area contributed by atoms with Crippen molar-refractivity contribution in [1.29, 1.82) is 0 Å². The average molecular weight is 250 g/mol. The zero-order valence-electron chi connectivity index (χ0n) is 10.7. The van der Waals surface area contributed by atoms with E-state index in [4.69, 9.17) is 0 Å². The molecule has 1 aliphatic heterocycles. The Hall–Kier alpha value is -1.42. The van der Waals surface area contributed by atoms with Crippen molar-refractivity contribution < 1.29 is 9.18 Å². The number of hydrogen-bond acceptors (Lipinski definition) is 2. The normalized spacial score (nSPS) is 16.9. The van der Waals surface area contributed by atoms with Gasteiger partial charge in [-0.1, -0.05) is 18.2 Å². The standard InChI is InChI=1S/C14H19FN2O/c1-16-10-14(18)17-8-6-11(7-9-17)12-4-2-3-5-13(12)15/h2-5,11,16H,6-10H2,1H3. The van der Waals surface area contributed by atoms with Crippen molar-refractivity contribution in [3.05, 3.63) is 35.6 Å². The lowest BCUT2D eigenvalue weighted by atomic mass is 9.89. The Labute approximate surface area is 107 Å². The lowest BCUT2D eigenvalue weighted by Crippen LogP contribution is -2.42. The second-order valence-electron chi connectivity index (χ2n) is 4.71. The molecule has 3 nitrogen and oxygen atoms in total. The molecule has 0 bridgehead atoms. The van der Waals surface area contributed by atoms with Crippen LogP contribution in [0.2, 0.25) is 0 Å². The number of rotatable bonds is 3. The number of halogens is 1. The smallest absolute Gasteiger partial charge is 0.236 e. The van der Waals surface area contributed by atoms with E-state index in [1.807, 2.05) is 17.0 Å². The molecule has 0 aliphatic carbocycles. The van der Waals surface area contributed by atoms with Crippen LogP contribution in [0.1, 0.15) is 24.3 Å². The predicted octanol–water partition coefficient (Wildman–Crippen LogP) is 1.75. The Morgan fingerprint density at radius 1 is 1.39 bits per heavy atom. The van der Waals surface area contributed by atoms with Crippen LogP contribution in [0.4, 0.5) is 4.39 Å². The van der Waals surface area contributed by atoms with Crippen LogP contribution in [-0.4, -0.2) is 37.5 Å². The molecule has 0 saturated carbocycles. The van der Waals surface area contributed by atoms with E-state index < -0.39 is 0 Å². The molecule has 0 aromatic heterocycles. The third-order valence-corrected chi connectivity index (χ3v) is 3.52. The van der Waals surface area contributed by atoms with Gasteiger partial charge in [0, 0.05) is 13.1 Å². The lowest BCUT2D eigenvalue weighted by molar-refractivity contribution is -0.131. The molecule has 0 spiro atoms.